The number of hydrogen-bond acceptors (Lipinski definition) is 7. The van der Waals surface area contributed by atoms with Gasteiger partial charge in [0.05, 0.1) is 17.7 Å². The van der Waals surface area contributed by atoms with E-state index in [1.165, 1.54) is 18.2 Å². The molecule has 2 saturated carbocycles. The Bertz CT molecular complexity index is 1750. The molecule has 2 aromatic heterocycles. The third kappa shape index (κ3) is 5.92. The second kappa shape index (κ2) is 11.9. The van der Waals surface area contributed by atoms with E-state index < -0.39 is 17.7 Å². The lowest BCUT2D eigenvalue weighted by molar-refractivity contribution is -0.137. The van der Waals surface area contributed by atoms with Crippen molar-refractivity contribution >= 4 is 22.6 Å². The van der Waals surface area contributed by atoms with E-state index in [2.05, 4.69) is 15.0 Å². The van der Waals surface area contributed by atoms with Crippen molar-refractivity contribution in [3.63, 3.8) is 0 Å². The number of carbonyl (C=O) groups is 1. The van der Waals surface area contributed by atoms with E-state index in [9.17, 15) is 23.1 Å². The van der Waals surface area contributed by atoms with Gasteiger partial charge in [0.15, 0.2) is 5.69 Å². The Labute approximate surface area is 264 Å². The van der Waals surface area contributed by atoms with Crippen molar-refractivity contribution in [3.05, 3.63) is 71.1 Å². The Morgan fingerprint density at radius 3 is 2.54 bits per heavy atom. The van der Waals surface area contributed by atoms with Gasteiger partial charge >= 0.3 is 12.1 Å². The molecule has 0 amide bonds. The lowest BCUT2D eigenvalue weighted by atomic mass is 9.56. The Kier molecular flexibility index (Phi) is 7.91. The highest BCUT2D eigenvalue weighted by Gasteiger charge is 2.47. The number of piperidine rings is 1. The Morgan fingerprint density at radius 1 is 1.09 bits per heavy atom. The second-order valence-corrected chi connectivity index (χ2v) is 13.0. The van der Waals surface area contributed by atoms with E-state index in [0.717, 1.165) is 80.1 Å². The van der Waals surface area contributed by atoms with E-state index in [4.69, 9.17) is 14.0 Å². The van der Waals surface area contributed by atoms with Crippen molar-refractivity contribution in [2.24, 2.45) is 11.3 Å². The Balaban J connectivity index is 1.04. The predicted molar refractivity (Wildman–Crippen MR) is 165 cm³/mol. The molecule has 1 spiro atoms. The zero-order valence-electron chi connectivity index (χ0n) is 25.6. The number of aromatic nitrogens is 2. The van der Waals surface area contributed by atoms with Crippen LogP contribution in [0.4, 0.5) is 18.9 Å². The minimum absolute atomic E-state index is 0.0701. The van der Waals surface area contributed by atoms with Crippen LogP contribution >= 0.6 is 0 Å². The van der Waals surface area contributed by atoms with Gasteiger partial charge in [0.1, 0.15) is 23.8 Å². The number of rotatable bonds is 10. The van der Waals surface area contributed by atoms with Gasteiger partial charge in [-0.15, -0.1) is 0 Å². The first kappa shape index (κ1) is 30.5. The third-order valence-electron chi connectivity index (χ3n) is 9.90. The maximum Gasteiger partial charge on any atom is 0.417 e. The summed E-state index contributed by atoms with van der Waals surface area (Å²) in [6.07, 6.45) is 2.31. The summed E-state index contributed by atoms with van der Waals surface area (Å²) in [5, 5.41) is 14.5. The molecule has 1 aliphatic heterocycles. The number of pyridine rings is 1. The fourth-order valence-electron chi connectivity index (χ4n) is 7.42. The molecule has 3 heterocycles. The molecule has 0 bridgehead atoms. The third-order valence-corrected chi connectivity index (χ3v) is 9.90. The van der Waals surface area contributed by atoms with Crippen LogP contribution in [0.1, 0.15) is 71.8 Å². The number of carboxylic acid groups (broad SMARTS) is 1. The highest BCUT2D eigenvalue weighted by Crippen LogP contribution is 2.55. The van der Waals surface area contributed by atoms with Gasteiger partial charge in [0.25, 0.3) is 0 Å². The summed E-state index contributed by atoms with van der Waals surface area (Å²) in [5.74, 6) is 0.758. The molecule has 2 aromatic carbocycles. The second-order valence-electron chi connectivity index (χ2n) is 13.0. The zero-order chi connectivity index (χ0) is 32.1. The van der Waals surface area contributed by atoms with Gasteiger partial charge in [-0.1, -0.05) is 23.4 Å². The average molecular weight is 636 g/mol. The summed E-state index contributed by atoms with van der Waals surface area (Å²) >= 11 is 0. The number of nitrogens with zero attached hydrogens (tertiary/aromatic N) is 3. The first-order valence-electron chi connectivity index (χ1n) is 15.8. The summed E-state index contributed by atoms with van der Waals surface area (Å²) < 4.78 is 58.3. The van der Waals surface area contributed by atoms with Gasteiger partial charge < -0.3 is 24.0 Å². The quantitative estimate of drug-likeness (QED) is 0.177. The number of ether oxygens (including phenoxy) is 2. The summed E-state index contributed by atoms with van der Waals surface area (Å²) in [6.45, 7) is 2.43. The molecule has 1 N–H and O–H groups in total. The van der Waals surface area contributed by atoms with Crippen molar-refractivity contribution in [1.29, 1.82) is 0 Å². The van der Waals surface area contributed by atoms with Crippen molar-refractivity contribution in [2.45, 2.75) is 57.0 Å². The molecule has 11 heteroatoms. The number of anilines is 1. The zero-order valence-corrected chi connectivity index (χ0v) is 25.6. The molecule has 4 aromatic rings. The van der Waals surface area contributed by atoms with Gasteiger partial charge in [-0.05, 0) is 80.5 Å². The van der Waals surface area contributed by atoms with Crippen molar-refractivity contribution in [3.8, 4) is 17.0 Å². The molecule has 2 aliphatic carbocycles. The minimum Gasteiger partial charge on any atom is -0.490 e. The molecule has 0 radical (unpaired) electrons. The van der Waals surface area contributed by atoms with Gasteiger partial charge in [0, 0.05) is 54.4 Å². The molecule has 3 aliphatic rings. The fourth-order valence-corrected chi connectivity index (χ4v) is 7.42. The standard InChI is InChI=1S/C35H36F3N3O5/c1-44-14-15-45-30-18-29(33(42)43)39-28-9-8-23(17-25(28)30)41-12-10-34(11-13-41)19-21(20-34)16-26-31(40-46-32(26)22-6-7-22)24-4-2-3-5-27(24)35(36,37)38/h2-5,8-9,17-18,21-22H,6-7,10-16,19-20H2,1H3,(H,42,43). The normalized spacial score (nSPS) is 18.2. The maximum absolute atomic E-state index is 13.9. The van der Waals surface area contributed by atoms with E-state index in [1.54, 1.807) is 13.2 Å². The van der Waals surface area contributed by atoms with E-state index in [-0.39, 0.29) is 22.6 Å². The molecule has 0 unspecified atom stereocenters. The molecule has 46 heavy (non-hydrogen) atoms. The smallest absolute Gasteiger partial charge is 0.417 e. The van der Waals surface area contributed by atoms with Gasteiger partial charge in [-0.25, -0.2) is 9.78 Å². The van der Waals surface area contributed by atoms with Crippen molar-refractivity contribution < 1.29 is 37.1 Å². The van der Waals surface area contributed by atoms with Crippen LogP contribution in [0.2, 0.25) is 0 Å². The van der Waals surface area contributed by atoms with Crippen LogP contribution in [0.25, 0.3) is 22.2 Å². The molecular weight excluding hydrogens is 599 g/mol. The number of halogens is 3. The number of carboxylic acids is 1. The highest BCUT2D eigenvalue weighted by atomic mass is 19.4. The van der Waals surface area contributed by atoms with Crippen molar-refractivity contribution in [2.75, 3.05) is 38.3 Å². The Morgan fingerprint density at radius 2 is 1.85 bits per heavy atom. The molecule has 0 atom stereocenters. The van der Waals surface area contributed by atoms with Crippen LogP contribution < -0.4 is 9.64 Å². The van der Waals surface area contributed by atoms with Gasteiger partial charge in [0.2, 0.25) is 0 Å². The summed E-state index contributed by atoms with van der Waals surface area (Å²) in [6, 6.07) is 13.0. The molecule has 3 fully saturated rings. The summed E-state index contributed by atoms with van der Waals surface area (Å²) in [5.41, 5.74) is 2.37. The minimum atomic E-state index is -4.47. The van der Waals surface area contributed by atoms with E-state index in [1.807, 2.05) is 18.2 Å². The predicted octanol–water partition coefficient (Wildman–Crippen LogP) is 7.75. The van der Waals surface area contributed by atoms with Crippen LogP contribution in [-0.2, 0) is 17.3 Å². The van der Waals surface area contributed by atoms with Crippen LogP contribution in [0.5, 0.6) is 5.75 Å². The van der Waals surface area contributed by atoms with E-state index in [0.29, 0.717) is 42.5 Å². The number of hydrogen-bond donors (Lipinski definition) is 1. The number of benzene rings is 2. The molecule has 1 saturated heterocycles. The fraction of sp³-hybridized carbons (Fsp3) is 0.457. The number of fused-ring (bicyclic) bond motifs is 1. The molecule has 8 nitrogen and oxygen atoms in total. The Hall–Kier alpha value is -4.12. The topological polar surface area (TPSA) is 97.9 Å². The van der Waals surface area contributed by atoms with Crippen LogP contribution in [0, 0.1) is 11.3 Å². The van der Waals surface area contributed by atoms with Crippen LogP contribution in [0.3, 0.4) is 0 Å². The van der Waals surface area contributed by atoms with Gasteiger partial charge in [-0.3, -0.25) is 0 Å². The lowest BCUT2D eigenvalue weighted by Crippen LogP contribution is -2.47. The van der Waals surface area contributed by atoms with E-state index >= 15 is 0 Å². The average Bonchev–Trinajstić information content (AvgIpc) is 3.79. The van der Waals surface area contributed by atoms with Crippen molar-refractivity contribution in [1.82, 2.24) is 10.1 Å². The van der Waals surface area contributed by atoms with Crippen LogP contribution in [0.15, 0.2) is 53.1 Å². The molecule has 7 rings (SSSR count). The molecular formula is C35H36F3N3O5. The first-order valence-corrected chi connectivity index (χ1v) is 15.8. The SMILES string of the molecule is COCCOc1cc(C(=O)O)nc2ccc(N3CCC4(CC3)CC(Cc3c(-c5ccccc5C(F)(F)F)noc3C3CC3)C4)cc12. The first-order chi connectivity index (χ1) is 22.1. The number of aromatic carboxylic acids is 1. The van der Waals surface area contributed by atoms with Gasteiger partial charge in [-0.2, -0.15) is 13.2 Å². The lowest BCUT2D eigenvalue weighted by Gasteiger charge is -2.53. The highest BCUT2D eigenvalue weighted by molar-refractivity contribution is 5.94. The molecule has 242 valence electrons. The van der Waals surface area contributed by atoms with Crippen LogP contribution in [-0.4, -0.2) is 54.6 Å². The monoisotopic (exact) mass is 635 g/mol. The maximum atomic E-state index is 13.9. The number of methoxy groups -OCH3 is 1. The largest absolute Gasteiger partial charge is 0.490 e. The number of alkyl halides is 3. The summed E-state index contributed by atoms with van der Waals surface area (Å²) in [4.78, 5) is 18.3. The summed E-state index contributed by atoms with van der Waals surface area (Å²) in [7, 11) is 1.58.